The van der Waals surface area contributed by atoms with Gasteiger partial charge in [-0.25, -0.2) is 16.8 Å². The van der Waals surface area contributed by atoms with Crippen LogP contribution in [-0.4, -0.2) is 67.7 Å². The molecule has 3 rings (SSSR count). The molecule has 0 unspecified atom stereocenters. The Hall–Kier alpha value is -1.93. The van der Waals surface area contributed by atoms with Crippen LogP contribution in [0.4, 0.5) is 5.13 Å². The van der Waals surface area contributed by atoms with Crippen molar-refractivity contribution in [3.05, 3.63) is 30.3 Å². The number of nitrogens with zero attached hydrogens (tertiary/aromatic N) is 4. The molecule has 0 radical (unpaired) electrons. The van der Waals surface area contributed by atoms with Crippen LogP contribution in [0.1, 0.15) is 20.8 Å². The molecule has 0 saturated carbocycles. The summed E-state index contributed by atoms with van der Waals surface area (Å²) in [6, 6.07) is 8.02. The molecule has 0 spiro atoms. The number of rotatable bonds is 5. The number of hydrogen-bond acceptors (Lipinski definition) is 8. The quantitative estimate of drug-likeness (QED) is 0.646. The van der Waals surface area contributed by atoms with Crippen LogP contribution in [0, 0.1) is 5.41 Å². The van der Waals surface area contributed by atoms with Gasteiger partial charge in [-0.1, -0.05) is 50.3 Å². The molecule has 1 aromatic carbocycles. The van der Waals surface area contributed by atoms with Crippen molar-refractivity contribution in [3.63, 3.8) is 0 Å². The predicted molar refractivity (Wildman–Crippen MR) is 112 cm³/mol. The highest BCUT2D eigenvalue weighted by Crippen LogP contribution is 2.26. The molecule has 1 N–H and O–H groups in total. The first-order valence-electron chi connectivity index (χ1n) is 9.13. The highest BCUT2D eigenvalue weighted by atomic mass is 32.2. The van der Waals surface area contributed by atoms with Gasteiger partial charge in [-0.2, -0.15) is 8.61 Å². The van der Waals surface area contributed by atoms with Crippen molar-refractivity contribution in [2.75, 3.05) is 31.5 Å². The summed E-state index contributed by atoms with van der Waals surface area (Å²) in [6.07, 6.45) is 0. The van der Waals surface area contributed by atoms with Crippen LogP contribution in [-0.2, 0) is 24.8 Å². The second kappa shape index (κ2) is 8.30. The number of carbonyl (C=O) groups is 1. The summed E-state index contributed by atoms with van der Waals surface area (Å²) in [7, 11) is -7.62. The lowest BCUT2D eigenvalue weighted by molar-refractivity contribution is -0.123. The number of benzene rings is 1. The van der Waals surface area contributed by atoms with Gasteiger partial charge >= 0.3 is 0 Å². The van der Waals surface area contributed by atoms with E-state index in [9.17, 15) is 21.6 Å². The van der Waals surface area contributed by atoms with Crippen molar-refractivity contribution in [1.29, 1.82) is 0 Å². The molecule has 164 valence electrons. The van der Waals surface area contributed by atoms with Crippen molar-refractivity contribution in [2.45, 2.75) is 30.0 Å². The number of nitrogens with one attached hydrogen (secondary N) is 1. The van der Waals surface area contributed by atoms with Crippen molar-refractivity contribution in [1.82, 2.24) is 18.8 Å². The van der Waals surface area contributed by atoms with Crippen LogP contribution >= 0.6 is 11.3 Å². The fraction of sp³-hybridized carbons (Fsp3) is 0.471. The molecule has 0 bridgehead atoms. The van der Waals surface area contributed by atoms with E-state index in [-0.39, 0.29) is 46.5 Å². The van der Waals surface area contributed by atoms with E-state index in [2.05, 4.69) is 15.5 Å². The minimum atomic E-state index is -3.94. The van der Waals surface area contributed by atoms with E-state index >= 15 is 0 Å². The number of carbonyl (C=O) groups excluding carboxylic acids is 1. The van der Waals surface area contributed by atoms with E-state index in [0.29, 0.717) is 0 Å². The molecular weight excluding hydrogens is 450 g/mol. The SMILES string of the molecule is CC(C)(C)C(=O)Nc1nnc(S(=O)(=O)N2CCN(S(=O)(=O)c3ccccc3)CC2)s1. The molecule has 10 nitrogen and oxygen atoms in total. The Labute approximate surface area is 180 Å². The van der Waals surface area contributed by atoms with Gasteiger partial charge in [0.25, 0.3) is 10.0 Å². The molecule has 1 saturated heterocycles. The minimum Gasteiger partial charge on any atom is -0.300 e. The van der Waals surface area contributed by atoms with Crippen LogP contribution in [0.5, 0.6) is 0 Å². The Morgan fingerprint density at radius 3 is 2.00 bits per heavy atom. The number of anilines is 1. The van der Waals surface area contributed by atoms with Crippen LogP contribution in [0.2, 0.25) is 0 Å². The van der Waals surface area contributed by atoms with E-state index in [4.69, 9.17) is 0 Å². The zero-order valence-corrected chi connectivity index (χ0v) is 19.2. The summed E-state index contributed by atoms with van der Waals surface area (Å²) < 4.78 is 53.3. The van der Waals surface area contributed by atoms with Gasteiger partial charge in [-0.15, -0.1) is 10.2 Å². The summed E-state index contributed by atoms with van der Waals surface area (Å²) in [5.41, 5.74) is -0.661. The standard InChI is InChI=1S/C17H23N5O5S3/c1-17(2,3)14(23)18-15-19-20-16(28-15)30(26,27)22-11-9-21(10-12-22)29(24,25)13-7-5-4-6-8-13/h4-8H,9-12H2,1-3H3,(H,18,19,23). The number of amides is 1. The van der Waals surface area contributed by atoms with Crippen LogP contribution in [0.3, 0.4) is 0 Å². The molecule has 1 aliphatic heterocycles. The Balaban J connectivity index is 1.69. The molecule has 0 atom stereocenters. The number of aromatic nitrogens is 2. The molecule has 1 aliphatic rings. The number of sulfonamides is 2. The number of piperazine rings is 1. The largest absolute Gasteiger partial charge is 0.300 e. The third-order valence-electron chi connectivity index (χ3n) is 4.45. The summed E-state index contributed by atoms with van der Waals surface area (Å²) >= 11 is 0.765. The fourth-order valence-electron chi connectivity index (χ4n) is 2.65. The van der Waals surface area contributed by atoms with Gasteiger partial charge in [0.05, 0.1) is 4.90 Å². The minimum absolute atomic E-state index is 0.00232. The highest BCUT2D eigenvalue weighted by Gasteiger charge is 2.35. The molecule has 1 aromatic heterocycles. The van der Waals surface area contributed by atoms with Gasteiger partial charge in [0.2, 0.25) is 25.4 Å². The summed E-state index contributed by atoms with van der Waals surface area (Å²) in [5.74, 6) is -0.303. The van der Waals surface area contributed by atoms with Gasteiger partial charge < -0.3 is 5.32 Å². The molecule has 30 heavy (non-hydrogen) atoms. The van der Waals surface area contributed by atoms with Crippen molar-refractivity contribution in [2.24, 2.45) is 5.41 Å². The summed E-state index contributed by atoms with van der Waals surface area (Å²) in [5, 5.41) is 10.1. The normalized spacial score (nSPS) is 17.0. The second-order valence-electron chi connectivity index (χ2n) is 7.70. The van der Waals surface area contributed by atoms with E-state index in [1.807, 2.05) is 0 Å². The molecule has 13 heteroatoms. The predicted octanol–water partition coefficient (Wildman–Crippen LogP) is 1.22. The van der Waals surface area contributed by atoms with E-state index in [1.165, 1.54) is 20.7 Å². The second-order valence-corrected chi connectivity index (χ2v) is 12.7. The molecule has 1 amide bonds. The molecule has 0 aliphatic carbocycles. The molecular formula is C17H23N5O5S3. The van der Waals surface area contributed by atoms with Crippen LogP contribution in [0.15, 0.2) is 39.6 Å². The Morgan fingerprint density at radius 2 is 1.47 bits per heavy atom. The topological polar surface area (TPSA) is 130 Å². The zero-order chi connectivity index (χ0) is 22.2. The third kappa shape index (κ3) is 4.70. The monoisotopic (exact) mass is 473 g/mol. The summed E-state index contributed by atoms with van der Waals surface area (Å²) in [4.78, 5) is 12.2. The first-order valence-corrected chi connectivity index (χ1v) is 12.8. The average Bonchev–Trinajstić information content (AvgIpc) is 3.17. The number of hydrogen-bond donors (Lipinski definition) is 1. The Kier molecular flexibility index (Phi) is 6.30. The van der Waals surface area contributed by atoms with Gasteiger partial charge in [0, 0.05) is 31.6 Å². The van der Waals surface area contributed by atoms with Crippen LogP contribution < -0.4 is 5.32 Å². The van der Waals surface area contributed by atoms with Crippen molar-refractivity contribution < 1.29 is 21.6 Å². The maximum Gasteiger partial charge on any atom is 0.272 e. The zero-order valence-electron chi connectivity index (χ0n) is 16.8. The molecule has 2 heterocycles. The maximum atomic E-state index is 12.9. The smallest absolute Gasteiger partial charge is 0.272 e. The van der Waals surface area contributed by atoms with Crippen LogP contribution in [0.25, 0.3) is 0 Å². The van der Waals surface area contributed by atoms with Gasteiger partial charge in [-0.05, 0) is 12.1 Å². The summed E-state index contributed by atoms with van der Waals surface area (Å²) in [6.45, 7) is 5.24. The van der Waals surface area contributed by atoms with E-state index in [0.717, 1.165) is 11.3 Å². The maximum absolute atomic E-state index is 12.9. The van der Waals surface area contributed by atoms with Crippen molar-refractivity contribution >= 4 is 42.4 Å². The first kappa shape index (κ1) is 22.7. The van der Waals surface area contributed by atoms with Gasteiger partial charge in [0.1, 0.15) is 0 Å². The first-order chi connectivity index (χ1) is 13.9. The Bertz CT molecular complexity index is 1120. The lowest BCUT2D eigenvalue weighted by Crippen LogP contribution is -2.50. The fourth-order valence-corrected chi connectivity index (χ4v) is 6.55. The molecule has 1 fully saturated rings. The third-order valence-corrected chi connectivity index (χ3v) is 9.44. The lowest BCUT2D eigenvalue weighted by atomic mass is 9.96. The highest BCUT2D eigenvalue weighted by molar-refractivity contribution is 7.91. The Morgan fingerprint density at radius 1 is 0.933 bits per heavy atom. The lowest BCUT2D eigenvalue weighted by Gasteiger charge is -2.32. The van der Waals surface area contributed by atoms with E-state index in [1.54, 1.807) is 39.0 Å². The molecule has 2 aromatic rings. The van der Waals surface area contributed by atoms with Gasteiger partial charge in [0.15, 0.2) is 0 Å². The van der Waals surface area contributed by atoms with Gasteiger partial charge in [-0.3, -0.25) is 4.79 Å². The average molecular weight is 474 g/mol. The van der Waals surface area contributed by atoms with E-state index < -0.39 is 25.5 Å². The van der Waals surface area contributed by atoms with Crippen molar-refractivity contribution in [3.8, 4) is 0 Å².